The Morgan fingerprint density at radius 3 is 2.69 bits per heavy atom. The Hall–Kier alpha value is -2.29. The van der Waals surface area contributed by atoms with Gasteiger partial charge in [-0.2, -0.15) is 0 Å². The highest BCUT2D eigenvalue weighted by Crippen LogP contribution is 2.66. The summed E-state index contributed by atoms with van der Waals surface area (Å²) in [6.45, 7) is 8.62. The van der Waals surface area contributed by atoms with Gasteiger partial charge in [0.25, 0.3) is 5.91 Å². The number of rotatable bonds is 15. The Morgan fingerprint density at radius 2 is 1.97 bits per heavy atom. The Balaban J connectivity index is 1.64. The fraction of sp³-hybridized carbons (Fsp3) is 0.567. The molecule has 5 atom stereocenters. The number of carbonyl (C=O) groups excluding carboxylic acids is 3. The number of amides is 2. The predicted octanol–water partition coefficient (Wildman–Crippen LogP) is 5.01. The van der Waals surface area contributed by atoms with Crippen molar-refractivity contribution in [2.75, 3.05) is 31.2 Å². The third-order valence-electron chi connectivity index (χ3n) is 8.13. The van der Waals surface area contributed by atoms with E-state index in [4.69, 9.17) is 16.3 Å². The van der Waals surface area contributed by atoms with Crippen LogP contribution in [0.4, 0.5) is 5.69 Å². The van der Waals surface area contributed by atoms with Crippen LogP contribution in [0.5, 0.6) is 0 Å². The number of nitrogens with zero attached hydrogens (tertiary/aromatic N) is 2. The minimum atomic E-state index is -0.722. The number of para-hydroxylation sites is 1. The molecule has 1 N–H and O–H groups in total. The molecule has 3 saturated heterocycles. The van der Waals surface area contributed by atoms with Gasteiger partial charge < -0.3 is 19.6 Å². The molecule has 1 aromatic rings. The molecule has 212 valence electrons. The second-order valence-electron chi connectivity index (χ2n) is 10.5. The Bertz CT molecular complexity index is 1080. The van der Waals surface area contributed by atoms with E-state index in [-0.39, 0.29) is 36.2 Å². The molecule has 2 amide bonds. The maximum Gasteiger partial charge on any atom is 0.310 e. The molecule has 3 aliphatic heterocycles. The zero-order valence-electron chi connectivity index (χ0n) is 22.4. The van der Waals surface area contributed by atoms with Gasteiger partial charge in [-0.3, -0.25) is 14.4 Å². The molecule has 3 fully saturated rings. The van der Waals surface area contributed by atoms with E-state index in [1.165, 1.54) is 0 Å². The number of unbranched alkanes of at least 4 members (excludes halogenated alkanes) is 4. The molecule has 7 nitrogen and oxygen atoms in total. The summed E-state index contributed by atoms with van der Waals surface area (Å²) in [4.78, 5) is 45.2. The van der Waals surface area contributed by atoms with E-state index in [0.29, 0.717) is 43.1 Å². The molecule has 1 aromatic carbocycles. The molecular weight excluding hydrogens is 536 g/mol. The summed E-state index contributed by atoms with van der Waals surface area (Å²) in [5, 5.41) is 9.65. The number of carbonyl (C=O) groups is 3. The summed E-state index contributed by atoms with van der Waals surface area (Å²) in [7, 11) is 0. The lowest BCUT2D eigenvalue weighted by atomic mass is 9.71. The second-order valence-corrected chi connectivity index (χ2v) is 12.5. The number of anilines is 1. The van der Waals surface area contributed by atoms with Gasteiger partial charge in [-0.15, -0.1) is 24.9 Å². The number of fused-ring (bicyclic) bond motifs is 1. The van der Waals surface area contributed by atoms with Crippen LogP contribution in [0.15, 0.2) is 49.6 Å². The lowest BCUT2D eigenvalue weighted by molar-refractivity contribution is -0.154. The molecule has 0 radical (unpaired) electrons. The van der Waals surface area contributed by atoms with E-state index in [2.05, 4.69) is 13.2 Å². The Labute approximate surface area is 240 Å². The molecule has 3 aliphatic rings. The molecule has 0 saturated carbocycles. The first kappa shape index (κ1) is 29.7. The topological polar surface area (TPSA) is 87.1 Å². The quantitative estimate of drug-likeness (QED) is 0.180. The molecule has 39 heavy (non-hydrogen) atoms. The number of aliphatic hydroxyl groups is 1. The van der Waals surface area contributed by atoms with Crippen LogP contribution in [0.1, 0.15) is 51.4 Å². The van der Waals surface area contributed by atoms with Crippen LogP contribution in [-0.4, -0.2) is 70.1 Å². The van der Waals surface area contributed by atoms with Gasteiger partial charge in [0.15, 0.2) is 0 Å². The third kappa shape index (κ3) is 5.79. The van der Waals surface area contributed by atoms with Crippen molar-refractivity contribution in [2.24, 2.45) is 11.8 Å². The number of esters is 1. The fourth-order valence-electron chi connectivity index (χ4n) is 6.43. The standard InChI is InChI=1S/C30H39ClN2O5S/c1-3-5-6-12-20-38-29(37)24-23-15-16-30(39-23)25(24)27(35)33(18-10-7-11-19-34)26(30)28(36)32(17-4-2)22-14-9-8-13-21(22)31/h3-4,8-9,13-14,23-26,34H,1-2,5-7,10-12,15-20H2/t23-,24+,25+,26?,30?/m1/s1. The van der Waals surface area contributed by atoms with Crippen molar-refractivity contribution in [2.45, 2.75) is 67.4 Å². The van der Waals surface area contributed by atoms with E-state index in [1.54, 1.807) is 39.8 Å². The summed E-state index contributed by atoms with van der Waals surface area (Å²) in [5.41, 5.74) is 0.574. The summed E-state index contributed by atoms with van der Waals surface area (Å²) in [6.07, 6.45) is 9.51. The molecule has 2 bridgehead atoms. The third-order valence-corrected chi connectivity index (χ3v) is 10.4. The van der Waals surface area contributed by atoms with Gasteiger partial charge in [-0.1, -0.05) is 35.9 Å². The van der Waals surface area contributed by atoms with E-state index in [0.717, 1.165) is 32.1 Å². The van der Waals surface area contributed by atoms with E-state index in [1.807, 2.05) is 18.2 Å². The van der Waals surface area contributed by atoms with Gasteiger partial charge in [0.2, 0.25) is 5.91 Å². The maximum atomic E-state index is 14.5. The smallest absolute Gasteiger partial charge is 0.310 e. The first-order chi connectivity index (χ1) is 18.9. The molecule has 9 heteroatoms. The summed E-state index contributed by atoms with van der Waals surface area (Å²) >= 11 is 8.15. The number of ether oxygens (including phenoxy) is 1. The zero-order valence-corrected chi connectivity index (χ0v) is 24.0. The molecule has 4 rings (SSSR count). The summed E-state index contributed by atoms with van der Waals surface area (Å²) < 4.78 is 4.99. The van der Waals surface area contributed by atoms with Gasteiger partial charge >= 0.3 is 5.97 Å². The number of hydrogen-bond donors (Lipinski definition) is 1. The van der Waals surface area contributed by atoms with Crippen LogP contribution in [0, 0.1) is 11.8 Å². The highest BCUT2D eigenvalue weighted by Gasteiger charge is 2.74. The maximum absolute atomic E-state index is 14.5. The lowest BCUT2D eigenvalue weighted by Gasteiger charge is -2.37. The van der Waals surface area contributed by atoms with E-state index >= 15 is 0 Å². The first-order valence-corrected chi connectivity index (χ1v) is 15.2. The SMILES string of the molecule is C=CCCCCOC(=O)[C@@H]1[C@H]2C(=O)N(CCCCCO)C(C(=O)N(CC=C)c3ccccc3Cl)C23CC[C@H]1S3. The average Bonchev–Trinajstić information content (AvgIpc) is 3.57. The highest BCUT2D eigenvalue weighted by atomic mass is 35.5. The van der Waals surface area contributed by atoms with Crippen molar-refractivity contribution in [3.63, 3.8) is 0 Å². The molecule has 0 aliphatic carbocycles. The number of aliphatic hydroxyl groups excluding tert-OH is 1. The molecular formula is C30H39ClN2O5S. The van der Waals surface area contributed by atoms with Crippen LogP contribution in [0.2, 0.25) is 5.02 Å². The monoisotopic (exact) mass is 574 g/mol. The number of benzene rings is 1. The normalized spacial score (nSPS) is 26.9. The van der Waals surface area contributed by atoms with E-state index in [9.17, 15) is 19.5 Å². The fourth-order valence-corrected chi connectivity index (χ4v) is 8.86. The molecule has 2 unspecified atom stereocenters. The van der Waals surface area contributed by atoms with Gasteiger partial charge in [-0.05, 0) is 63.5 Å². The number of thioether (sulfide) groups is 1. The van der Waals surface area contributed by atoms with Crippen LogP contribution in [0.25, 0.3) is 0 Å². The van der Waals surface area contributed by atoms with Crippen molar-refractivity contribution >= 4 is 46.8 Å². The number of halogens is 1. The summed E-state index contributed by atoms with van der Waals surface area (Å²) in [6, 6.07) is 6.46. The number of likely N-dealkylation sites (tertiary alicyclic amines) is 1. The van der Waals surface area contributed by atoms with Crippen LogP contribution >= 0.6 is 23.4 Å². The largest absolute Gasteiger partial charge is 0.465 e. The minimum Gasteiger partial charge on any atom is -0.465 e. The molecule has 1 spiro atoms. The van der Waals surface area contributed by atoms with Crippen molar-refractivity contribution < 1.29 is 24.2 Å². The van der Waals surface area contributed by atoms with Crippen molar-refractivity contribution in [3.05, 3.63) is 54.6 Å². The van der Waals surface area contributed by atoms with Gasteiger partial charge in [0, 0.05) is 24.9 Å². The van der Waals surface area contributed by atoms with Crippen molar-refractivity contribution in [3.8, 4) is 0 Å². The molecule has 0 aromatic heterocycles. The van der Waals surface area contributed by atoms with Crippen LogP contribution < -0.4 is 4.90 Å². The highest BCUT2D eigenvalue weighted by molar-refractivity contribution is 8.02. The van der Waals surface area contributed by atoms with E-state index < -0.39 is 22.6 Å². The predicted molar refractivity (Wildman–Crippen MR) is 156 cm³/mol. The minimum absolute atomic E-state index is 0.0420. The second kappa shape index (κ2) is 13.4. The Morgan fingerprint density at radius 1 is 1.18 bits per heavy atom. The van der Waals surface area contributed by atoms with Crippen molar-refractivity contribution in [1.82, 2.24) is 4.90 Å². The van der Waals surface area contributed by atoms with Gasteiger partial charge in [0.05, 0.1) is 33.9 Å². The van der Waals surface area contributed by atoms with Crippen LogP contribution in [0.3, 0.4) is 0 Å². The average molecular weight is 575 g/mol. The van der Waals surface area contributed by atoms with Crippen molar-refractivity contribution in [1.29, 1.82) is 0 Å². The first-order valence-electron chi connectivity index (χ1n) is 13.9. The van der Waals surface area contributed by atoms with Gasteiger partial charge in [0.1, 0.15) is 6.04 Å². The zero-order chi connectivity index (χ0) is 28.0. The van der Waals surface area contributed by atoms with Gasteiger partial charge in [-0.25, -0.2) is 0 Å². The van der Waals surface area contributed by atoms with Crippen LogP contribution in [-0.2, 0) is 19.1 Å². The molecule has 3 heterocycles. The number of allylic oxidation sites excluding steroid dienone is 1. The summed E-state index contributed by atoms with van der Waals surface area (Å²) in [5.74, 6) is -1.81. The number of hydrogen-bond acceptors (Lipinski definition) is 6. The lowest BCUT2D eigenvalue weighted by Crippen LogP contribution is -2.55. The Kier molecular flexibility index (Phi) is 10.2.